The van der Waals surface area contributed by atoms with E-state index in [9.17, 15) is 4.79 Å². The number of nitrogen functional groups attached to an aromatic ring is 1. The molecule has 0 heterocycles. The van der Waals surface area contributed by atoms with Crippen molar-refractivity contribution in [1.29, 1.82) is 5.26 Å². The first-order chi connectivity index (χ1) is 9.99. The number of halogens is 1. The van der Waals surface area contributed by atoms with Crippen LogP contribution in [0.4, 0.5) is 21.9 Å². The Bertz CT molecular complexity index is 720. The number of nitrogens with two attached hydrogens (primary N) is 1. The summed E-state index contributed by atoms with van der Waals surface area (Å²) in [6.07, 6.45) is 0. The van der Waals surface area contributed by atoms with Crippen LogP contribution in [0.1, 0.15) is 11.1 Å². The van der Waals surface area contributed by atoms with Gasteiger partial charge in [-0.25, -0.2) is 4.79 Å². The highest BCUT2D eigenvalue weighted by atomic mass is 79.9. The minimum Gasteiger partial charge on any atom is -0.398 e. The van der Waals surface area contributed by atoms with Gasteiger partial charge in [0.05, 0.1) is 17.3 Å². The molecular formula is C15H13BrN4O. The summed E-state index contributed by atoms with van der Waals surface area (Å²) in [5, 5.41) is 14.1. The van der Waals surface area contributed by atoms with E-state index in [1.807, 2.05) is 19.1 Å². The Kier molecular flexibility index (Phi) is 4.45. The van der Waals surface area contributed by atoms with Crippen LogP contribution in [0.5, 0.6) is 0 Å². The molecule has 106 valence electrons. The van der Waals surface area contributed by atoms with E-state index in [2.05, 4.69) is 26.6 Å². The first kappa shape index (κ1) is 14.9. The van der Waals surface area contributed by atoms with Gasteiger partial charge in [-0.15, -0.1) is 0 Å². The van der Waals surface area contributed by atoms with E-state index in [1.54, 1.807) is 30.3 Å². The van der Waals surface area contributed by atoms with Crippen molar-refractivity contribution in [2.75, 3.05) is 16.4 Å². The molecule has 4 N–H and O–H groups in total. The predicted octanol–water partition coefficient (Wildman–Crippen LogP) is 3.86. The number of hydrogen-bond acceptors (Lipinski definition) is 3. The lowest BCUT2D eigenvalue weighted by Gasteiger charge is -2.11. The van der Waals surface area contributed by atoms with Gasteiger partial charge in [0.15, 0.2) is 0 Å². The fraction of sp³-hybridized carbons (Fsp3) is 0.0667. The van der Waals surface area contributed by atoms with Crippen molar-refractivity contribution in [2.24, 2.45) is 0 Å². The fourth-order valence-electron chi connectivity index (χ4n) is 1.70. The zero-order valence-electron chi connectivity index (χ0n) is 11.3. The second kappa shape index (κ2) is 6.29. The van der Waals surface area contributed by atoms with E-state index in [1.165, 1.54) is 0 Å². The zero-order chi connectivity index (χ0) is 15.4. The predicted molar refractivity (Wildman–Crippen MR) is 87.1 cm³/mol. The molecular weight excluding hydrogens is 332 g/mol. The Hall–Kier alpha value is -2.52. The Balaban J connectivity index is 2.08. The van der Waals surface area contributed by atoms with Gasteiger partial charge in [-0.05, 0) is 64.8 Å². The van der Waals surface area contributed by atoms with E-state index >= 15 is 0 Å². The molecule has 2 rings (SSSR count). The molecule has 2 aromatic carbocycles. The largest absolute Gasteiger partial charge is 0.398 e. The van der Waals surface area contributed by atoms with E-state index in [4.69, 9.17) is 11.0 Å². The van der Waals surface area contributed by atoms with Gasteiger partial charge in [-0.2, -0.15) is 5.26 Å². The Labute approximate surface area is 130 Å². The van der Waals surface area contributed by atoms with Crippen molar-refractivity contribution < 1.29 is 4.79 Å². The smallest absolute Gasteiger partial charge is 0.323 e. The lowest BCUT2D eigenvalue weighted by molar-refractivity contribution is 0.262. The molecule has 0 saturated heterocycles. The van der Waals surface area contributed by atoms with Crippen molar-refractivity contribution in [3.63, 3.8) is 0 Å². The Morgan fingerprint density at radius 3 is 2.52 bits per heavy atom. The van der Waals surface area contributed by atoms with Gasteiger partial charge in [-0.3, -0.25) is 0 Å². The third-order valence-electron chi connectivity index (χ3n) is 2.88. The van der Waals surface area contributed by atoms with Crippen LogP contribution in [0.25, 0.3) is 0 Å². The number of nitrogens with one attached hydrogen (secondary N) is 2. The Morgan fingerprint density at radius 1 is 1.24 bits per heavy atom. The average Bonchev–Trinajstić information content (AvgIpc) is 2.45. The number of amides is 2. The van der Waals surface area contributed by atoms with Crippen LogP contribution in [0.3, 0.4) is 0 Å². The summed E-state index contributed by atoms with van der Waals surface area (Å²) in [6, 6.07) is 11.8. The number of rotatable bonds is 2. The molecule has 0 aliphatic heterocycles. The first-order valence-electron chi connectivity index (χ1n) is 6.13. The lowest BCUT2D eigenvalue weighted by Crippen LogP contribution is -2.19. The third-order valence-corrected chi connectivity index (χ3v) is 3.53. The fourth-order valence-corrected chi connectivity index (χ4v) is 2.25. The van der Waals surface area contributed by atoms with Crippen LogP contribution < -0.4 is 16.4 Å². The molecule has 6 heteroatoms. The van der Waals surface area contributed by atoms with Gasteiger partial charge >= 0.3 is 6.03 Å². The number of anilines is 3. The van der Waals surface area contributed by atoms with Crippen LogP contribution >= 0.6 is 15.9 Å². The van der Waals surface area contributed by atoms with Crippen LogP contribution in [0, 0.1) is 18.3 Å². The molecule has 0 bridgehead atoms. The summed E-state index contributed by atoms with van der Waals surface area (Å²) in [5.74, 6) is 0. The normalized spacial score (nSPS) is 9.76. The van der Waals surface area contributed by atoms with Crippen LogP contribution in [-0.4, -0.2) is 6.03 Å². The lowest BCUT2D eigenvalue weighted by atomic mass is 10.2. The summed E-state index contributed by atoms with van der Waals surface area (Å²) in [6.45, 7) is 1.89. The number of hydrogen-bond donors (Lipinski definition) is 3. The molecule has 5 nitrogen and oxygen atoms in total. The van der Waals surface area contributed by atoms with Crippen LogP contribution in [-0.2, 0) is 0 Å². The van der Waals surface area contributed by atoms with Crippen molar-refractivity contribution in [3.8, 4) is 6.07 Å². The monoisotopic (exact) mass is 344 g/mol. The highest BCUT2D eigenvalue weighted by molar-refractivity contribution is 9.10. The topological polar surface area (TPSA) is 90.9 Å². The van der Waals surface area contributed by atoms with E-state index in [0.29, 0.717) is 22.6 Å². The maximum Gasteiger partial charge on any atom is 0.323 e. The minimum atomic E-state index is -0.385. The van der Waals surface area contributed by atoms with E-state index in [0.717, 1.165) is 10.0 Å². The van der Waals surface area contributed by atoms with E-state index in [-0.39, 0.29) is 6.03 Å². The molecule has 2 amide bonds. The highest BCUT2D eigenvalue weighted by Crippen LogP contribution is 2.27. The first-order valence-corrected chi connectivity index (χ1v) is 6.92. The summed E-state index contributed by atoms with van der Waals surface area (Å²) >= 11 is 3.38. The van der Waals surface area contributed by atoms with Gasteiger partial charge in [0.1, 0.15) is 0 Å². The average molecular weight is 345 g/mol. The summed E-state index contributed by atoms with van der Waals surface area (Å²) < 4.78 is 0.754. The van der Waals surface area contributed by atoms with Crippen molar-refractivity contribution in [3.05, 3.63) is 52.0 Å². The number of carbonyl (C=O) groups excluding carboxylic acids is 1. The molecule has 0 aliphatic carbocycles. The van der Waals surface area contributed by atoms with Crippen molar-refractivity contribution in [2.45, 2.75) is 6.92 Å². The number of nitrogens with zero attached hydrogens (tertiary/aromatic N) is 1. The van der Waals surface area contributed by atoms with Crippen molar-refractivity contribution in [1.82, 2.24) is 0 Å². The second-order valence-corrected chi connectivity index (χ2v) is 5.31. The minimum absolute atomic E-state index is 0.385. The van der Waals surface area contributed by atoms with E-state index < -0.39 is 0 Å². The van der Waals surface area contributed by atoms with Crippen LogP contribution in [0.2, 0.25) is 0 Å². The molecule has 0 spiro atoms. The number of aryl methyl sites for hydroxylation is 1. The number of nitriles is 1. The number of carbonyl (C=O) groups is 1. The standard InChI is InChI=1S/C15H13BrN4O/c1-9-6-12(16)14(7-13(9)18)20-15(21)19-11-4-2-10(8-17)3-5-11/h2-7H,18H2,1H3,(H2,19,20,21). The molecule has 0 radical (unpaired) electrons. The second-order valence-electron chi connectivity index (χ2n) is 4.46. The molecule has 2 aromatic rings. The van der Waals surface area contributed by atoms with Gasteiger partial charge in [0, 0.05) is 15.8 Å². The van der Waals surface area contributed by atoms with Gasteiger partial charge < -0.3 is 16.4 Å². The maximum atomic E-state index is 11.9. The summed E-state index contributed by atoms with van der Waals surface area (Å²) in [7, 11) is 0. The molecule has 21 heavy (non-hydrogen) atoms. The number of urea groups is 1. The molecule has 0 saturated carbocycles. The maximum absolute atomic E-state index is 11.9. The number of benzene rings is 2. The molecule has 0 unspecified atom stereocenters. The molecule has 0 aliphatic rings. The van der Waals surface area contributed by atoms with Crippen LogP contribution in [0.15, 0.2) is 40.9 Å². The SMILES string of the molecule is Cc1cc(Br)c(NC(=O)Nc2ccc(C#N)cc2)cc1N. The zero-order valence-corrected chi connectivity index (χ0v) is 12.9. The quantitative estimate of drug-likeness (QED) is 0.722. The van der Waals surface area contributed by atoms with Gasteiger partial charge in [0.2, 0.25) is 0 Å². The summed E-state index contributed by atoms with van der Waals surface area (Å²) in [5.41, 5.74) is 9.08. The van der Waals surface area contributed by atoms with Gasteiger partial charge in [0.25, 0.3) is 0 Å². The summed E-state index contributed by atoms with van der Waals surface area (Å²) in [4.78, 5) is 11.9. The molecule has 0 fully saturated rings. The van der Waals surface area contributed by atoms with Crippen molar-refractivity contribution >= 4 is 39.0 Å². The Morgan fingerprint density at radius 2 is 1.90 bits per heavy atom. The highest BCUT2D eigenvalue weighted by Gasteiger charge is 2.08. The van der Waals surface area contributed by atoms with Gasteiger partial charge in [-0.1, -0.05) is 0 Å². The third kappa shape index (κ3) is 3.74. The molecule has 0 atom stereocenters. The molecule has 0 aromatic heterocycles.